The van der Waals surface area contributed by atoms with Gasteiger partial charge in [0.2, 0.25) is 0 Å². The number of carbonyl (C=O) groups excluding carboxylic acids is 1. The first-order valence-electron chi connectivity index (χ1n) is 11.4. The topological polar surface area (TPSA) is 113 Å². The number of rotatable bonds is 6. The number of methoxy groups -OCH3 is 1. The molecule has 1 aliphatic heterocycles. The van der Waals surface area contributed by atoms with E-state index in [2.05, 4.69) is 15.2 Å². The third-order valence-electron chi connectivity index (χ3n) is 5.59. The molecule has 0 radical (unpaired) electrons. The van der Waals surface area contributed by atoms with Gasteiger partial charge in [0.15, 0.2) is 0 Å². The molecule has 198 valence electrons. The maximum Gasteiger partial charge on any atom is 0.573 e. The minimum Gasteiger partial charge on any atom is -0.467 e. The van der Waals surface area contributed by atoms with Crippen molar-refractivity contribution in [1.29, 1.82) is 0 Å². The fraction of sp³-hybridized carbons (Fsp3) is 0.636. The fourth-order valence-corrected chi connectivity index (χ4v) is 4.04. The van der Waals surface area contributed by atoms with Gasteiger partial charge in [-0.2, -0.15) is 0 Å². The molecular weight excluding hydrogens is 474 g/mol. The normalized spacial score (nSPS) is 20.5. The number of urea groups is 1. The monoisotopic (exact) mass is 507 g/mol. The number of amides is 2. The van der Waals surface area contributed by atoms with Crippen LogP contribution in [0.15, 0.2) is 23.3 Å². The molecule has 0 bridgehead atoms. The average Bonchev–Trinajstić information content (AvgIpc) is 3.65. The van der Waals surface area contributed by atoms with Crippen LogP contribution in [0.4, 0.5) is 22.4 Å². The van der Waals surface area contributed by atoms with Gasteiger partial charge in [-0.05, 0) is 25.3 Å². The number of likely N-dealkylation sites (tertiary alicyclic amines) is 1. The lowest BCUT2D eigenvalue weighted by Gasteiger charge is -2.42. The maximum atomic E-state index is 14.2. The molecule has 1 aromatic rings. The standard InChI is InChI=1S/C20H27F4N5O4.C2H6/c1-32-19(27-25)28-9-12(11-30)6-15(10-28)29(14-3-4-14)18(31)26-8-13-2-5-16(7-17(13)21)33-20(22,23)24;1-2/h2,5,7,12,14-15,30H,3-4,6,8-11,25H2,1H3,(H,26,31);1-2H3/b27-19-;. The number of aliphatic hydroxyl groups is 1. The molecule has 9 nitrogen and oxygen atoms in total. The molecule has 2 fully saturated rings. The highest BCUT2D eigenvalue weighted by Crippen LogP contribution is 2.33. The van der Waals surface area contributed by atoms with E-state index in [9.17, 15) is 27.5 Å². The van der Waals surface area contributed by atoms with Crippen LogP contribution < -0.4 is 15.9 Å². The number of hydrogen-bond donors (Lipinski definition) is 3. The Morgan fingerprint density at radius 1 is 1.29 bits per heavy atom. The molecule has 2 atom stereocenters. The second-order valence-electron chi connectivity index (χ2n) is 8.06. The Kier molecular flexibility index (Phi) is 10.2. The molecule has 35 heavy (non-hydrogen) atoms. The van der Waals surface area contributed by atoms with E-state index in [-0.39, 0.29) is 42.7 Å². The van der Waals surface area contributed by atoms with Crippen molar-refractivity contribution in [3.63, 3.8) is 0 Å². The number of nitrogens with zero attached hydrogens (tertiary/aromatic N) is 3. The molecule has 13 heteroatoms. The summed E-state index contributed by atoms with van der Waals surface area (Å²) in [7, 11) is 1.42. The third-order valence-corrected chi connectivity index (χ3v) is 5.59. The van der Waals surface area contributed by atoms with Crippen LogP contribution in [-0.4, -0.2) is 72.2 Å². The Hall–Kier alpha value is -2.96. The van der Waals surface area contributed by atoms with Crippen LogP contribution in [-0.2, 0) is 11.3 Å². The van der Waals surface area contributed by atoms with E-state index < -0.39 is 24.0 Å². The van der Waals surface area contributed by atoms with Crippen molar-refractivity contribution < 1.29 is 36.9 Å². The van der Waals surface area contributed by atoms with Gasteiger partial charge < -0.3 is 35.5 Å². The van der Waals surface area contributed by atoms with Crippen LogP contribution in [0.2, 0.25) is 0 Å². The molecule has 1 aliphatic carbocycles. The third kappa shape index (κ3) is 8.05. The van der Waals surface area contributed by atoms with Crippen molar-refractivity contribution in [1.82, 2.24) is 15.1 Å². The van der Waals surface area contributed by atoms with Crippen molar-refractivity contribution in [3.8, 4) is 5.75 Å². The Labute approximate surface area is 201 Å². The number of alkyl halides is 3. The first kappa shape index (κ1) is 28.3. The molecule has 2 aliphatic rings. The van der Waals surface area contributed by atoms with Gasteiger partial charge in [-0.3, -0.25) is 0 Å². The van der Waals surface area contributed by atoms with E-state index in [0.717, 1.165) is 25.0 Å². The number of nitrogens with two attached hydrogens (primary N) is 1. The molecule has 1 saturated carbocycles. The van der Waals surface area contributed by atoms with Gasteiger partial charge in [-0.25, -0.2) is 9.18 Å². The first-order chi connectivity index (χ1) is 16.6. The second-order valence-corrected chi connectivity index (χ2v) is 8.06. The number of ether oxygens (including phenoxy) is 2. The number of halogens is 4. The molecule has 4 N–H and O–H groups in total. The van der Waals surface area contributed by atoms with E-state index in [1.165, 1.54) is 7.11 Å². The quantitative estimate of drug-likeness (QED) is 0.179. The van der Waals surface area contributed by atoms with Gasteiger partial charge in [0.25, 0.3) is 0 Å². The lowest BCUT2D eigenvalue weighted by Crippen LogP contribution is -2.57. The predicted molar refractivity (Wildman–Crippen MR) is 121 cm³/mol. The second kappa shape index (κ2) is 12.7. The minimum absolute atomic E-state index is 0.00233. The number of aliphatic hydroxyl groups excluding tert-OH is 1. The zero-order valence-corrected chi connectivity index (χ0v) is 20.0. The molecule has 2 unspecified atom stereocenters. The Morgan fingerprint density at radius 2 is 1.97 bits per heavy atom. The van der Waals surface area contributed by atoms with Gasteiger partial charge in [0.1, 0.15) is 11.6 Å². The average molecular weight is 508 g/mol. The molecular formula is C22H33F4N5O4. The lowest BCUT2D eigenvalue weighted by molar-refractivity contribution is -0.274. The summed E-state index contributed by atoms with van der Waals surface area (Å²) in [5.41, 5.74) is 0.0176. The van der Waals surface area contributed by atoms with Crippen molar-refractivity contribution in [2.75, 3.05) is 26.8 Å². The van der Waals surface area contributed by atoms with Gasteiger partial charge in [-0.15, -0.1) is 18.3 Å². The summed E-state index contributed by atoms with van der Waals surface area (Å²) in [4.78, 5) is 16.5. The van der Waals surface area contributed by atoms with Gasteiger partial charge in [0.05, 0.1) is 13.2 Å². The van der Waals surface area contributed by atoms with E-state index in [1.54, 1.807) is 9.80 Å². The number of benzene rings is 1. The number of hydrazone groups is 1. The zero-order valence-electron chi connectivity index (χ0n) is 20.0. The number of nitrogens with one attached hydrogen (secondary N) is 1. The number of carbonyl (C=O) groups is 1. The summed E-state index contributed by atoms with van der Waals surface area (Å²) in [6, 6.07) is 2.23. The largest absolute Gasteiger partial charge is 0.573 e. The number of piperidine rings is 1. The van der Waals surface area contributed by atoms with Crippen LogP contribution in [0, 0.1) is 11.7 Å². The van der Waals surface area contributed by atoms with Crippen molar-refractivity contribution in [2.24, 2.45) is 16.9 Å². The van der Waals surface area contributed by atoms with Crippen molar-refractivity contribution in [3.05, 3.63) is 29.6 Å². The molecule has 0 aromatic heterocycles. The molecule has 1 saturated heterocycles. The van der Waals surface area contributed by atoms with E-state index >= 15 is 0 Å². The Bertz CT molecular complexity index is 867. The van der Waals surface area contributed by atoms with Gasteiger partial charge >= 0.3 is 18.4 Å². The minimum atomic E-state index is -4.93. The highest BCUT2D eigenvalue weighted by Gasteiger charge is 2.41. The first-order valence-corrected chi connectivity index (χ1v) is 11.4. The number of amidine groups is 1. The summed E-state index contributed by atoms with van der Waals surface area (Å²) in [6.07, 6.45) is -2.75. The molecule has 1 heterocycles. The van der Waals surface area contributed by atoms with Crippen LogP contribution >= 0.6 is 0 Å². The lowest BCUT2D eigenvalue weighted by atomic mass is 9.94. The molecule has 0 spiro atoms. The summed E-state index contributed by atoms with van der Waals surface area (Å²) >= 11 is 0. The van der Waals surface area contributed by atoms with Crippen LogP contribution in [0.25, 0.3) is 0 Å². The number of hydrogen-bond acceptors (Lipinski definition) is 6. The SMILES string of the molecule is CC.CO/C(=N\N)N1CC(CO)CC(N(C(=O)NCc2ccc(OC(F)(F)F)cc2F)C2CC2)C1. The highest BCUT2D eigenvalue weighted by atomic mass is 19.4. The van der Waals surface area contributed by atoms with E-state index in [4.69, 9.17) is 10.6 Å². The summed E-state index contributed by atoms with van der Waals surface area (Å²) in [5.74, 6) is 3.64. The summed E-state index contributed by atoms with van der Waals surface area (Å²) in [5, 5.41) is 16.0. The van der Waals surface area contributed by atoms with Crippen LogP contribution in [0.3, 0.4) is 0 Å². The summed E-state index contributed by atoms with van der Waals surface area (Å²) < 4.78 is 60.0. The van der Waals surface area contributed by atoms with Gasteiger partial charge in [0, 0.05) is 49.8 Å². The molecule has 2 amide bonds. The van der Waals surface area contributed by atoms with Crippen LogP contribution in [0.5, 0.6) is 5.75 Å². The molecule has 3 rings (SSSR count). The maximum absolute atomic E-state index is 14.2. The summed E-state index contributed by atoms with van der Waals surface area (Å²) in [6.45, 7) is 4.55. The Balaban J connectivity index is 0.00000210. The molecule has 1 aromatic carbocycles. The zero-order chi connectivity index (χ0) is 26.2. The fourth-order valence-electron chi connectivity index (χ4n) is 4.04. The van der Waals surface area contributed by atoms with Crippen LogP contribution in [0.1, 0.15) is 38.7 Å². The highest BCUT2D eigenvalue weighted by molar-refractivity contribution is 5.76. The van der Waals surface area contributed by atoms with Crippen molar-refractivity contribution >= 4 is 12.1 Å². The van der Waals surface area contributed by atoms with E-state index in [0.29, 0.717) is 25.6 Å². The van der Waals surface area contributed by atoms with E-state index in [1.807, 2.05) is 13.8 Å². The Morgan fingerprint density at radius 3 is 2.49 bits per heavy atom. The smallest absolute Gasteiger partial charge is 0.467 e. The van der Waals surface area contributed by atoms with Crippen molar-refractivity contribution in [2.45, 2.75) is 58.1 Å². The predicted octanol–water partition coefficient (Wildman–Crippen LogP) is 2.98. The van der Waals surface area contributed by atoms with Gasteiger partial charge in [-0.1, -0.05) is 19.9 Å².